The summed E-state index contributed by atoms with van der Waals surface area (Å²) in [4.78, 5) is 0. The zero-order valence-corrected chi connectivity index (χ0v) is 12.0. The molecule has 1 aromatic heterocycles. The number of piperidine rings is 1. The van der Waals surface area contributed by atoms with E-state index in [4.69, 9.17) is 0 Å². The highest BCUT2D eigenvalue weighted by molar-refractivity contribution is 5.06. The van der Waals surface area contributed by atoms with Crippen molar-refractivity contribution in [3.05, 3.63) is 24.0 Å². The Morgan fingerprint density at radius 3 is 2.67 bits per heavy atom. The molecule has 18 heavy (non-hydrogen) atoms. The molecule has 1 fully saturated rings. The Balaban J connectivity index is 1.91. The number of aryl methyl sites for hydroxylation is 1. The normalized spacial score (nSPS) is 25.5. The minimum Gasteiger partial charge on any atom is -0.350 e. The van der Waals surface area contributed by atoms with Gasteiger partial charge in [-0.3, -0.25) is 0 Å². The Labute approximate surface area is 111 Å². The van der Waals surface area contributed by atoms with Crippen molar-refractivity contribution in [1.29, 1.82) is 0 Å². The van der Waals surface area contributed by atoms with Crippen LogP contribution in [-0.2, 0) is 13.1 Å². The maximum absolute atomic E-state index is 3.63. The first-order chi connectivity index (χ1) is 8.72. The number of hydrogen-bond acceptors (Lipinski definition) is 2. The third-order valence-corrected chi connectivity index (χ3v) is 4.02. The quantitative estimate of drug-likeness (QED) is 0.865. The standard InChI is InChI=1S/C15H27N3/c1-4-10-17-11-6-9-15(17)12-16-18-13(2)7-5-8-14(18)3/h6,9,11,13-14,16H,4-5,7-8,10,12H2,1-3H3. The molecule has 3 nitrogen and oxygen atoms in total. The fourth-order valence-electron chi connectivity index (χ4n) is 2.97. The first kappa shape index (κ1) is 13.6. The van der Waals surface area contributed by atoms with Crippen LogP contribution in [0.25, 0.3) is 0 Å². The van der Waals surface area contributed by atoms with Gasteiger partial charge in [-0.15, -0.1) is 0 Å². The van der Waals surface area contributed by atoms with Crippen molar-refractivity contribution in [2.75, 3.05) is 0 Å². The van der Waals surface area contributed by atoms with Crippen molar-refractivity contribution >= 4 is 0 Å². The summed E-state index contributed by atoms with van der Waals surface area (Å²) in [6, 6.07) is 5.68. The Bertz CT molecular complexity index is 348. The Hall–Kier alpha value is -0.800. The molecule has 2 heterocycles. The fourth-order valence-corrected chi connectivity index (χ4v) is 2.97. The smallest absolute Gasteiger partial charge is 0.0506 e. The van der Waals surface area contributed by atoms with Gasteiger partial charge in [-0.1, -0.05) is 13.3 Å². The first-order valence-electron chi connectivity index (χ1n) is 7.38. The van der Waals surface area contributed by atoms with Crippen LogP contribution in [0.4, 0.5) is 0 Å². The monoisotopic (exact) mass is 249 g/mol. The number of nitrogens with one attached hydrogen (secondary N) is 1. The van der Waals surface area contributed by atoms with Crippen LogP contribution in [0.3, 0.4) is 0 Å². The van der Waals surface area contributed by atoms with Gasteiger partial charge in [0.15, 0.2) is 0 Å². The summed E-state index contributed by atoms with van der Waals surface area (Å²) in [7, 11) is 0. The summed E-state index contributed by atoms with van der Waals surface area (Å²) in [5, 5.41) is 2.45. The van der Waals surface area contributed by atoms with E-state index >= 15 is 0 Å². The van der Waals surface area contributed by atoms with Crippen LogP contribution in [0.5, 0.6) is 0 Å². The lowest BCUT2D eigenvalue weighted by Gasteiger charge is -2.39. The zero-order chi connectivity index (χ0) is 13.0. The van der Waals surface area contributed by atoms with Crippen molar-refractivity contribution in [3.8, 4) is 0 Å². The average Bonchev–Trinajstić information content (AvgIpc) is 2.77. The molecule has 0 aromatic carbocycles. The van der Waals surface area contributed by atoms with E-state index in [2.05, 4.69) is 54.1 Å². The zero-order valence-electron chi connectivity index (χ0n) is 12.0. The van der Waals surface area contributed by atoms with Gasteiger partial charge in [0, 0.05) is 30.5 Å². The van der Waals surface area contributed by atoms with Gasteiger partial charge in [0.2, 0.25) is 0 Å². The van der Waals surface area contributed by atoms with Crippen LogP contribution in [-0.4, -0.2) is 21.7 Å². The predicted octanol–water partition coefficient (Wildman–Crippen LogP) is 3.17. The second kappa shape index (κ2) is 6.39. The van der Waals surface area contributed by atoms with Crippen LogP contribution < -0.4 is 5.43 Å². The summed E-state index contributed by atoms with van der Waals surface area (Å²) in [5.74, 6) is 0. The van der Waals surface area contributed by atoms with Crippen LogP contribution in [0.1, 0.15) is 52.1 Å². The molecule has 0 radical (unpaired) electrons. The molecule has 0 saturated carbocycles. The minimum absolute atomic E-state index is 0.656. The number of hydrazine groups is 1. The van der Waals surface area contributed by atoms with Crippen LogP contribution >= 0.6 is 0 Å². The van der Waals surface area contributed by atoms with Crippen LogP contribution in [0.15, 0.2) is 18.3 Å². The third kappa shape index (κ3) is 3.15. The van der Waals surface area contributed by atoms with Crippen molar-refractivity contribution in [2.45, 2.75) is 71.6 Å². The van der Waals surface area contributed by atoms with E-state index in [1.54, 1.807) is 0 Å². The first-order valence-corrected chi connectivity index (χ1v) is 7.38. The number of aromatic nitrogens is 1. The Kier molecular flexibility index (Phi) is 4.84. The number of hydrogen-bond donors (Lipinski definition) is 1. The molecular formula is C15H27N3. The van der Waals surface area contributed by atoms with Crippen molar-refractivity contribution in [1.82, 2.24) is 15.0 Å². The Morgan fingerprint density at radius 1 is 1.28 bits per heavy atom. The molecule has 0 spiro atoms. The summed E-state index contributed by atoms with van der Waals surface area (Å²) in [6.07, 6.45) is 7.37. The van der Waals surface area contributed by atoms with E-state index in [0.717, 1.165) is 13.1 Å². The van der Waals surface area contributed by atoms with Crippen molar-refractivity contribution in [3.63, 3.8) is 0 Å². The van der Waals surface area contributed by atoms with Gasteiger partial charge in [0.25, 0.3) is 0 Å². The second-order valence-electron chi connectivity index (χ2n) is 5.56. The highest BCUT2D eigenvalue weighted by Crippen LogP contribution is 2.20. The molecule has 1 N–H and O–H groups in total. The number of rotatable bonds is 5. The van der Waals surface area contributed by atoms with Gasteiger partial charge in [-0.05, 0) is 45.2 Å². The molecule has 1 aromatic rings. The van der Waals surface area contributed by atoms with Gasteiger partial charge >= 0.3 is 0 Å². The highest BCUT2D eigenvalue weighted by atomic mass is 15.5. The largest absolute Gasteiger partial charge is 0.350 e. The lowest BCUT2D eigenvalue weighted by molar-refractivity contribution is 0.0427. The van der Waals surface area contributed by atoms with E-state index in [1.165, 1.54) is 31.4 Å². The Morgan fingerprint density at radius 2 is 2.00 bits per heavy atom. The van der Waals surface area contributed by atoms with Gasteiger partial charge in [-0.25, -0.2) is 10.4 Å². The molecule has 2 rings (SSSR count). The fraction of sp³-hybridized carbons (Fsp3) is 0.733. The average molecular weight is 249 g/mol. The molecule has 102 valence electrons. The van der Waals surface area contributed by atoms with E-state index in [9.17, 15) is 0 Å². The minimum atomic E-state index is 0.656. The summed E-state index contributed by atoms with van der Waals surface area (Å²) in [5.41, 5.74) is 5.03. The molecule has 1 aliphatic rings. The van der Waals surface area contributed by atoms with Crippen molar-refractivity contribution < 1.29 is 0 Å². The highest BCUT2D eigenvalue weighted by Gasteiger charge is 2.24. The second-order valence-corrected chi connectivity index (χ2v) is 5.56. The predicted molar refractivity (Wildman–Crippen MR) is 76.2 cm³/mol. The molecule has 2 unspecified atom stereocenters. The molecular weight excluding hydrogens is 222 g/mol. The van der Waals surface area contributed by atoms with E-state index in [1.807, 2.05) is 0 Å². The van der Waals surface area contributed by atoms with Gasteiger partial charge in [-0.2, -0.15) is 0 Å². The van der Waals surface area contributed by atoms with Crippen LogP contribution in [0, 0.1) is 0 Å². The van der Waals surface area contributed by atoms with Gasteiger partial charge < -0.3 is 4.57 Å². The maximum atomic E-state index is 3.63. The lowest BCUT2D eigenvalue weighted by Crippen LogP contribution is -2.51. The van der Waals surface area contributed by atoms with Crippen molar-refractivity contribution in [2.24, 2.45) is 0 Å². The molecule has 1 saturated heterocycles. The summed E-state index contributed by atoms with van der Waals surface area (Å²) < 4.78 is 2.35. The van der Waals surface area contributed by atoms with E-state index in [-0.39, 0.29) is 0 Å². The van der Waals surface area contributed by atoms with Gasteiger partial charge in [0.1, 0.15) is 0 Å². The number of nitrogens with zero attached hydrogens (tertiary/aromatic N) is 2. The van der Waals surface area contributed by atoms with Gasteiger partial charge in [0.05, 0.1) is 6.54 Å². The third-order valence-electron chi connectivity index (χ3n) is 4.02. The van der Waals surface area contributed by atoms with E-state index < -0.39 is 0 Å². The SMILES string of the molecule is CCCn1cccc1CNN1C(C)CCCC1C. The maximum Gasteiger partial charge on any atom is 0.0506 e. The molecule has 1 aliphatic heterocycles. The topological polar surface area (TPSA) is 20.2 Å². The van der Waals surface area contributed by atoms with E-state index in [0.29, 0.717) is 12.1 Å². The van der Waals surface area contributed by atoms with Crippen LogP contribution in [0.2, 0.25) is 0 Å². The lowest BCUT2D eigenvalue weighted by atomic mass is 10.00. The molecule has 0 amide bonds. The summed E-state index contributed by atoms with van der Waals surface area (Å²) >= 11 is 0. The summed E-state index contributed by atoms with van der Waals surface area (Å²) in [6.45, 7) is 8.95. The molecule has 2 atom stereocenters. The molecule has 3 heteroatoms. The molecule has 0 aliphatic carbocycles. The molecule has 0 bridgehead atoms.